The second kappa shape index (κ2) is 6.42. The molecule has 13 heavy (non-hydrogen) atoms. The normalized spacial score (nSPS) is 9.46. The van der Waals surface area contributed by atoms with Crippen LogP contribution in [0.3, 0.4) is 0 Å². The number of nitrogens with zero attached hydrogens (tertiary/aromatic N) is 1. The zero-order chi connectivity index (χ0) is 10.3. The summed E-state index contributed by atoms with van der Waals surface area (Å²) in [6, 6.07) is 0. The first kappa shape index (κ1) is 11.9. The maximum atomic E-state index is 11.1. The minimum atomic E-state index is -0.322. The van der Waals surface area contributed by atoms with Crippen molar-refractivity contribution in [2.45, 2.75) is 6.42 Å². The minimum Gasteiger partial charge on any atom is -0.469 e. The van der Waals surface area contributed by atoms with Crippen molar-refractivity contribution in [3.8, 4) is 0 Å². The van der Waals surface area contributed by atoms with E-state index in [0.29, 0.717) is 6.54 Å². The molecular formula is C8H15NO4. The summed E-state index contributed by atoms with van der Waals surface area (Å²) in [6.45, 7) is 0.395. The molecule has 0 fully saturated rings. The average Bonchev–Trinajstić information content (AvgIpc) is 2.13. The zero-order valence-electron chi connectivity index (χ0n) is 8.20. The summed E-state index contributed by atoms with van der Waals surface area (Å²) in [5, 5.41) is 0. The van der Waals surface area contributed by atoms with Gasteiger partial charge in [0.05, 0.1) is 13.5 Å². The molecule has 0 N–H and O–H groups in total. The Morgan fingerprint density at radius 2 is 1.92 bits per heavy atom. The molecule has 0 atom stereocenters. The standard InChI is InChI=1S/C8H15NO4/c1-9(7(10)6-12-2)5-4-8(11)13-3/h4-6H2,1-3H3. The Labute approximate surface area is 77.6 Å². The van der Waals surface area contributed by atoms with E-state index in [0.717, 1.165) is 0 Å². The van der Waals surface area contributed by atoms with Gasteiger partial charge in [0.15, 0.2) is 0 Å². The Morgan fingerprint density at radius 1 is 1.31 bits per heavy atom. The van der Waals surface area contributed by atoms with Gasteiger partial charge in [-0.15, -0.1) is 0 Å². The van der Waals surface area contributed by atoms with Gasteiger partial charge >= 0.3 is 5.97 Å². The fraction of sp³-hybridized carbons (Fsp3) is 0.750. The Kier molecular flexibility index (Phi) is 5.88. The number of hydrogen-bond donors (Lipinski definition) is 0. The quantitative estimate of drug-likeness (QED) is 0.555. The maximum absolute atomic E-state index is 11.1. The second-order valence-corrected chi connectivity index (χ2v) is 2.57. The second-order valence-electron chi connectivity index (χ2n) is 2.57. The van der Waals surface area contributed by atoms with Crippen molar-refractivity contribution in [2.75, 3.05) is 34.4 Å². The van der Waals surface area contributed by atoms with Crippen LogP contribution in [0.1, 0.15) is 6.42 Å². The van der Waals surface area contributed by atoms with Crippen molar-refractivity contribution in [3.05, 3.63) is 0 Å². The summed E-state index contributed by atoms with van der Waals surface area (Å²) in [7, 11) is 4.38. The van der Waals surface area contributed by atoms with Crippen molar-refractivity contribution in [1.29, 1.82) is 0 Å². The molecule has 0 spiro atoms. The predicted octanol–water partition coefficient (Wildman–Crippen LogP) is -0.346. The molecule has 0 rings (SSSR count). The van der Waals surface area contributed by atoms with Gasteiger partial charge in [0, 0.05) is 20.7 Å². The van der Waals surface area contributed by atoms with Crippen LogP contribution in [0.15, 0.2) is 0 Å². The van der Waals surface area contributed by atoms with E-state index in [1.54, 1.807) is 7.05 Å². The molecule has 0 unspecified atom stereocenters. The van der Waals surface area contributed by atoms with Crippen LogP contribution >= 0.6 is 0 Å². The maximum Gasteiger partial charge on any atom is 0.307 e. The molecular weight excluding hydrogens is 174 g/mol. The Bertz CT molecular complexity index is 181. The topological polar surface area (TPSA) is 55.8 Å². The molecule has 0 aromatic heterocycles. The van der Waals surface area contributed by atoms with Crippen LogP contribution in [0.2, 0.25) is 0 Å². The summed E-state index contributed by atoms with van der Waals surface area (Å²) >= 11 is 0. The number of carbonyl (C=O) groups is 2. The number of rotatable bonds is 5. The Morgan fingerprint density at radius 3 is 2.38 bits per heavy atom. The third-order valence-electron chi connectivity index (χ3n) is 1.57. The van der Waals surface area contributed by atoms with Crippen molar-refractivity contribution >= 4 is 11.9 Å². The van der Waals surface area contributed by atoms with E-state index in [-0.39, 0.29) is 24.9 Å². The molecule has 0 saturated carbocycles. The largest absolute Gasteiger partial charge is 0.469 e. The molecule has 0 aliphatic rings. The summed E-state index contributed by atoms with van der Waals surface area (Å²) in [5.74, 6) is -0.469. The molecule has 1 amide bonds. The van der Waals surface area contributed by atoms with Crippen LogP contribution in [-0.2, 0) is 19.1 Å². The van der Waals surface area contributed by atoms with Gasteiger partial charge in [-0.25, -0.2) is 0 Å². The third kappa shape index (κ3) is 5.19. The first-order chi connectivity index (χ1) is 6.11. The highest BCUT2D eigenvalue weighted by Crippen LogP contribution is 1.91. The van der Waals surface area contributed by atoms with Crippen molar-refractivity contribution in [3.63, 3.8) is 0 Å². The fourth-order valence-corrected chi connectivity index (χ4v) is 0.719. The van der Waals surface area contributed by atoms with Crippen LogP contribution in [-0.4, -0.2) is 51.2 Å². The van der Waals surface area contributed by atoms with Gasteiger partial charge in [-0.1, -0.05) is 0 Å². The van der Waals surface area contributed by atoms with E-state index < -0.39 is 0 Å². The van der Waals surface area contributed by atoms with Crippen LogP contribution in [0.5, 0.6) is 0 Å². The molecule has 0 saturated heterocycles. The van der Waals surface area contributed by atoms with Crippen molar-refractivity contribution < 1.29 is 19.1 Å². The first-order valence-electron chi connectivity index (χ1n) is 3.91. The number of ether oxygens (including phenoxy) is 2. The summed E-state index contributed by atoms with van der Waals surface area (Å²) in [4.78, 5) is 23.2. The van der Waals surface area contributed by atoms with Crippen molar-refractivity contribution in [1.82, 2.24) is 4.90 Å². The summed E-state index contributed by atoms with van der Waals surface area (Å²) in [6.07, 6.45) is 0.211. The lowest BCUT2D eigenvalue weighted by atomic mass is 10.4. The van der Waals surface area contributed by atoms with E-state index in [2.05, 4.69) is 9.47 Å². The summed E-state index contributed by atoms with van der Waals surface area (Å²) in [5.41, 5.74) is 0. The zero-order valence-corrected chi connectivity index (χ0v) is 8.20. The third-order valence-corrected chi connectivity index (χ3v) is 1.57. The molecule has 5 nitrogen and oxygen atoms in total. The van der Waals surface area contributed by atoms with E-state index >= 15 is 0 Å². The number of esters is 1. The minimum absolute atomic E-state index is 0.0394. The van der Waals surface area contributed by atoms with E-state index in [1.165, 1.54) is 19.1 Å². The lowest BCUT2D eigenvalue weighted by molar-refractivity contribution is -0.142. The fourth-order valence-electron chi connectivity index (χ4n) is 0.719. The smallest absolute Gasteiger partial charge is 0.307 e. The lowest BCUT2D eigenvalue weighted by Gasteiger charge is -2.15. The predicted molar refractivity (Wildman–Crippen MR) is 46.1 cm³/mol. The molecule has 0 aromatic rings. The number of methoxy groups -OCH3 is 2. The molecule has 0 aliphatic heterocycles. The Hall–Kier alpha value is -1.10. The highest BCUT2D eigenvalue weighted by Gasteiger charge is 2.09. The molecule has 0 heterocycles. The molecule has 76 valence electrons. The van der Waals surface area contributed by atoms with Gasteiger partial charge in [0.1, 0.15) is 6.61 Å². The molecule has 0 radical (unpaired) electrons. The molecule has 0 aliphatic carbocycles. The number of hydrogen-bond acceptors (Lipinski definition) is 4. The van der Waals surface area contributed by atoms with E-state index in [4.69, 9.17) is 0 Å². The summed E-state index contributed by atoms with van der Waals surface area (Å²) < 4.78 is 9.08. The number of amides is 1. The lowest BCUT2D eigenvalue weighted by Crippen LogP contribution is -2.31. The van der Waals surface area contributed by atoms with Crippen LogP contribution in [0, 0.1) is 0 Å². The molecule has 0 bridgehead atoms. The monoisotopic (exact) mass is 189 g/mol. The van der Waals surface area contributed by atoms with Gasteiger partial charge in [-0.05, 0) is 0 Å². The highest BCUT2D eigenvalue weighted by molar-refractivity contribution is 5.78. The molecule has 0 aromatic carbocycles. The van der Waals surface area contributed by atoms with Gasteiger partial charge in [-0.3, -0.25) is 9.59 Å². The van der Waals surface area contributed by atoms with Crippen LogP contribution < -0.4 is 0 Å². The van der Waals surface area contributed by atoms with E-state index in [1.807, 2.05) is 0 Å². The van der Waals surface area contributed by atoms with Crippen LogP contribution in [0.25, 0.3) is 0 Å². The average molecular weight is 189 g/mol. The SMILES string of the molecule is COCC(=O)N(C)CCC(=O)OC. The highest BCUT2D eigenvalue weighted by atomic mass is 16.5. The van der Waals surface area contributed by atoms with Gasteiger partial charge in [-0.2, -0.15) is 0 Å². The Balaban J connectivity index is 3.67. The van der Waals surface area contributed by atoms with Gasteiger partial charge in [0.2, 0.25) is 5.91 Å². The number of carbonyl (C=O) groups excluding carboxylic acids is 2. The first-order valence-corrected chi connectivity index (χ1v) is 3.91. The van der Waals surface area contributed by atoms with Gasteiger partial charge < -0.3 is 14.4 Å². The number of likely N-dealkylation sites (N-methyl/N-ethyl adjacent to an activating group) is 1. The van der Waals surface area contributed by atoms with Crippen molar-refractivity contribution in [2.24, 2.45) is 0 Å². The van der Waals surface area contributed by atoms with Crippen LogP contribution in [0.4, 0.5) is 0 Å². The van der Waals surface area contributed by atoms with Gasteiger partial charge in [0.25, 0.3) is 0 Å². The molecule has 5 heteroatoms. The van der Waals surface area contributed by atoms with E-state index in [9.17, 15) is 9.59 Å².